The van der Waals surface area contributed by atoms with E-state index < -0.39 is 26.3 Å². The Bertz CT molecular complexity index is 634. The highest BCUT2D eigenvalue weighted by atomic mass is 35.5. The van der Waals surface area contributed by atoms with Crippen molar-refractivity contribution in [2.24, 2.45) is 5.16 Å². The average Bonchev–Trinajstić information content (AvgIpc) is 2.57. The van der Waals surface area contributed by atoms with Crippen LogP contribution in [0.5, 0.6) is 5.75 Å². The minimum Gasteiger partial charge on any atom is -0.482 e. The van der Waals surface area contributed by atoms with Gasteiger partial charge in [-0.1, -0.05) is 37.0 Å². The van der Waals surface area contributed by atoms with Crippen molar-refractivity contribution in [3.63, 3.8) is 0 Å². The quantitative estimate of drug-likeness (QED) is 0.275. The number of halogens is 1. The minimum absolute atomic E-state index is 0.176. The molecule has 0 radical (unpaired) electrons. The SMILES string of the molecule is CCCC(=NOC(=O)COc1ccc(Cl)cc1)P(=O)(O)OC(C)CC. The van der Waals surface area contributed by atoms with Crippen LogP contribution in [0.15, 0.2) is 29.4 Å². The van der Waals surface area contributed by atoms with Crippen LogP contribution in [0.25, 0.3) is 0 Å². The molecule has 0 aliphatic heterocycles. The molecule has 1 aromatic rings. The summed E-state index contributed by atoms with van der Waals surface area (Å²) in [5.41, 5.74) is -0.185. The topological polar surface area (TPSA) is 94.4 Å². The standard InChI is InChI=1S/C16H23ClNO6P/c1-4-6-15(25(20,21)24-12(3)5-2)18-23-16(19)11-22-14-9-7-13(17)8-10-14/h7-10,12H,4-6,11H2,1-3H3,(H,20,21). The molecule has 7 nitrogen and oxygen atoms in total. The number of carbonyl (C=O) groups is 1. The first-order valence-corrected chi connectivity index (χ1v) is 9.90. The van der Waals surface area contributed by atoms with Crippen LogP contribution in [0.4, 0.5) is 0 Å². The second kappa shape index (κ2) is 10.6. The van der Waals surface area contributed by atoms with Crippen LogP contribution in [-0.2, 0) is 18.7 Å². The number of benzene rings is 1. The molecule has 2 atom stereocenters. The molecule has 0 heterocycles. The van der Waals surface area contributed by atoms with Crippen molar-refractivity contribution in [2.75, 3.05) is 6.61 Å². The van der Waals surface area contributed by atoms with Gasteiger partial charge in [-0.3, -0.25) is 4.57 Å². The fourth-order valence-corrected chi connectivity index (χ4v) is 3.18. The zero-order chi connectivity index (χ0) is 18.9. The van der Waals surface area contributed by atoms with Crippen LogP contribution in [0.1, 0.15) is 40.0 Å². The number of oxime groups is 1. The van der Waals surface area contributed by atoms with Crippen molar-refractivity contribution in [1.82, 2.24) is 0 Å². The van der Waals surface area contributed by atoms with Crippen LogP contribution >= 0.6 is 19.2 Å². The summed E-state index contributed by atoms with van der Waals surface area (Å²) in [6, 6.07) is 6.44. The van der Waals surface area contributed by atoms with E-state index >= 15 is 0 Å². The van der Waals surface area contributed by atoms with Crippen LogP contribution in [0.2, 0.25) is 5.02 Å². The third kappa shape index (κ3) is 8.01. The fourth-order valence-electron chi connectivity index (χ4n) is 1.64. The molecule has 1 N–H and O–H groups in total. The van der Waals surface area contributed by atoms with E-state index in [9.17, 15) is 14.3 Å². The summed E-state index contributed by atoms with van der Waals surface area (Å²) in [6.45, 7) is 4.92. The molecule has 25 heavy (non-hydrogen) atoms. The van der Waals surface area contributed by atoms with E-state index in [2.05, 4.69) is 9.99 Å². The third-order valence-electron chi connectivity index (χ3n) is 3.12. The minimum atomic E-state index is -4.11. The Morgan fingerprint density at radius 3 is 2.52 bits per heavy atom. The second-order valence-corrected chi connectivity index (χ2v) is 7.51. The lowest BCUT2D eigenvalue weighted by atomic mass is 10.3. The van der Waals surface area contributed by atoms with Crippen molar-refractivity contribution >= 4 is 30.6 Å². The molecule has 0 aliphatic rings. The molecule has 0 amide bonds. The average molecular weight is 392 g/mol. The lowest BCUT2D eigenvalue weighted by Gasteiger charge is -2.17. The normalized spacial score (nSPS) is 15.3. The Labute approximate surface area is 152 Å². The molecule has 0 aliphatic carbocycles. The predicted octanol–water partition coefficient (Wildman–Crippen LogP) is 4.38. The van der Waals surface area contributed by atoms with Crippen LogP contribution in [-0.4, -0.2) is 29.0 Å². The number of hydrogen-bond acceptors (Lipinski definition) is 6. The van der Waals surface area contributed by atoms with Gasteiger partial charge in [-0.2, -0.15) is 0 Å². The Morgan fingerprint density at radius 2 is 1.96 bits per heavy atom. The molecule has 140 valence electrons. The van der Waals surface area contributed by atoms with Crippen molar-refractivity contribution in [3.8, 4) is 5.75 Å². The molecule has 2 unspecified atom stereocenters. The smallest absolute Gasteiger partial charge is 0.376 e. The molecule has 0 saturated heterocycles. The number of nitrogens with zero attached hydrogens (tertiary/aromatic N) is 1. The zero-order valence-corrected chi connectivity index (χ0v) is 16.1. The van der Waals surface area contributed by atoms with E-state index in [0.29, 0.717) is 23.6 Å². The predicted molar refractivity (Wildman–Crippen MR) is 96.0 cm³/mol. The highest BCUT2D eigenvalue weighted by Gasteiger charge is 2.30. The molecule has 0 fully saturated rings. The molecule has 9 heteroatoms. The van der Waals surface area contributed by atoms with Crippen molar-refractivity contribution in [3.05, 3.63) is 29.3 Å². The van der Waals surface area contributed by atoms with E-state index in [1.54, 1.807) is 31.2 Å². The Balaban J connectivity index is 2.64. The summed E-state index contributed by atoms with van der Waals surface area (Å²) < 4.78 is 22.6. The van der Waals surface area contributed by atoms with E-state index in [1.165, 1.54) is 0 Å². The second-order valence-electron chi connectivity index (χ2n) is 5.31. The highest BCUT2D eigenvalue weighted by molar-refractivity contribution is 7.71. The van der Waals surface area contributed by atoms with Crippen LogP contribution in [0.3, 0.4) is 0 Å². The van der Waals surface area contributed by atoms with Crippen LogP contribution < -0.4 is 4.74 Å². The summed E-state index contributed by atoms with van der Waals surface area (Å²) in [4.78, 5) is 26.4. The first kappa shape index (κ1) is 21.6. The van der Waals surface area contributed by atoms with Gasteiger partial charge in [0.2, 0.25) is 0 Å². The summed E-state index contributed by atoms with van der Waals surface area (Å²) in [7, 11) is -4.11. The van der Waals surface area contributed by atoms with Gasteiger partial charge in [0.05, 0.1) is 6.10 Å². The van der Waals surface area contributed by atoms with Gasteiger partial charge in [0, 0.05) is 11.4 Å². The Morgan fingerprint density at radius 1 is 1.32 bits per heavy atom. The van der Waals surface area contributed by atoms with Gasteiger partial charge in [0.25, 0.3) is 0 Å². The van der Waals surface area contributed by atoms with E-state index in [-0.39, 0.29) is 11.9 Å². The maximum Gasteiger partial charge on any atom is 0.376 e. The number of hydrogen-bond donors (Lipinski definition) is 1. The van der Waals surface area contributed by atoms with E-state index in [4.69, 9.17) is 20.9 Å². The van der Waals surface area contributed by atoms with Crippen LogP contribution in [0, 0.1) is 0 Å². The van der Waals surface area contributed by atoms with Crippen molar-refractivity contribution in [1.29, 1.82) is 0 Å². The van der Waals surface area contributed by atoms with E-state index in [1.807, 2.05) is 13.8 Å². The molecule has 1 aromatic carbocycles. The molecule has 1 rings (SSSR count). The van der Waals surface area contributed by atoms with Gasteiger partial charge < -0.3 is 19.0 Å². The van der Waals surface area contributed by atoms with Crippen molar-refractivity contribution in [2.45, 2.75) is 46.1 Å². The van der Waals surface area contributed by atoms with Crippen molar-refractivity contribution < 1.29 is 28.4 Å². The highest BCUT2D eigenvalue weighted by Crippen LogP contribution is 2.47. The largest absolute Gasteiger partial charge is 0.482 e. The van der Waals surface area contributed by atoms with Gasteiger partial charge in [-0.15, -0.1) is 0 Å². The molecule has 0 aromatic heterocycles. The Kier molecular flexibility index (Phi) is 9.14. The first-order chi connectivity index (χ1) is 11.8. The number of carbonyl (C=O) groups excluding carboxylic acids is 1. The molecule has 0 spiro atoms. The lowest BCUT2D eigenvalue weighted by Crippen LogP contribution is -2.15. The molecule has 0 bridgehead atoms. The van der Waals surface area contributed by atoms with Gasteiger partial charge in [-0.05, 0) is 37.6 Å². The Hall–Kier alpha value is -1.40. The number of ether oxygens (including phenoxy) is 1. The lowest BCUT2D eigenvalue weighted by molar-refractivity contribution is -0.146. The number of rotatable bonds is 10. The van der Waals surface area contributed by atoms with Gasteiger partial charge in [0.1, 0.15) is 5.75 Å². The van der Waals surface area contributed by atoms with Gasteiger partial charge in [-0.25, -0.2) is 4.79 Å². The fraction of sp³-hybridized carbons (Fsp3) is 0.500. The monoisotopic (exact) mass is 391 g/mol. The summed E-state index contributed by atoms with van der Waals surface area (Å²) >= 11 is 5.75. The molecular weight excluding hydrogens is 369 g/mol. The third-order valence-corrected chi connectivity index (χ3v) is 4.98. The maximum absolute atomic E-state index is 12.3. The summed E-state index contributed by atoms with van der Waals surface area (Å²) in [5, 5.41) is 4.07. The first-order valence-electron chi connectivity index (χ1n) is 7.95. The molecular formula is C16H23ClNO6P. The van der Waals surface area contributed by atoms with Gasteiger partial charge >= 0.3 is 13.6 Å². The summed E-state index contributed by atoms with van der Waals surface area (Å²) in [6.07, 6.45) is 0.877. The maximum atomic E-state index is 12.3. The molecule has 0 saturated carbocycles. The van der Waals surface area contributed by atoms with E-state index in [0.717, 1.165) is 0 Å². The zero-order valence-electron chi connectivity index (χ0n) is 14.5. The van der Waals surface area contributed by atoms with Gasteiger partial charge in [0.15, 0.2) is 12.1 Å². The summed E-state index contributed by atoms with van der Waals surface area (Å²) in [5.74, 6) is -0.362.